The zero-order valence-electron chi connectivity index (χ0n) is 10.2. The van der Waals surface area contributed by atoms with Gasteiger partial charge in [0.25, 0.3) is 0 Å². The van der Waals surface area contributed by atoms with Crippen molar-refractivity contribution < 1.29 is 9.59 Å². The topological polar surface area (TPSA) is 75.4 Å². The van der Waals surface area contributed by atoms with E-state index in [4.69, 9.17) is 5.84 Å². The van der Waals surface area contributed by atoms with Gasteiger partial charge in [0.2, 0.25) is 11.8 Å². The SMILES string of the molecule is NNC(=O)CCN1C(=O)CCCc2ccccc21. The summed E-state index contributed by atoms with van der Waals surface area (Å²) >= 11 is 0. The zero-order chi connectivity index (χ0) is 13.0. The number of fused-ring (bicyclic) bond motifs is 1. The number of carbonyl (C=O) groups excluding carboxylic acids is 2. The molecule has 0 aliphatic carbocycles. The number of hydrogen-bond donors (Lipinski definition) is 2. The minimum Gasteiger partial charge on any atom is -0.312 e. The number of carbonyl (C=O) groups is 2. The van der Waals surface area contributed by atoms with Crippen molar-refractivity contribution in [3.05, 3.63) is 29.8 Å². The molecule has 0 saturated carbocycles. The van der Waals surface area contributed by atoms with Crippen LogP contribution < -0.4 is 16.2 Å². The van der Waals surface area contributed by atoms with Gasteiger partial charge in [-0.15, -0.1) is 0 Å². The number of nitrogens with one attached hydrogen (secondary N) is 1. The summed E-state index contributed by atoms with van der Waals surface area (Å²) in [6, 6.07) is 7.84. The minimum absolute atomic E-state index is 0.0739. The Kier molecular flexibility index (Phi) is 3.94. The maximum Gasteiger partial charge on any atom is 0.235 e. The van der Waals surface area contributed by atoms with Gasteiger partial charge in [0, 0.05) is 25.1 Å². The molecular formula is C13H17N3O2. The monoisotopic (exact) mass is 247 g/mol. The van der Waals surface area contributed by atoms with Crippen LogP contribution in [0, 0.1) is 0 Å². The lowest BCUT2D eigenvalue weighted by Gasteiger charge is -2.22. The van der Waals surface area contributed by atoms with Crippen LogP contribution >= 0.6 is 0 Å². The van der Waals surface area contributed by atoms with Gasteiger partial charge < -0.3 is 4.90 Å². The molecule has 1 aromatic carbocycles. The first-order valence-electron chi connectivity index (χ1n) is 6.10. The quantitative estimate of drug-likeness (QED) is 0.470. The van der Waals surface area contributed by atoms with Gasteiger partial charge in [-0.2, -0.15) is 0 Å². The molecule has 0 atom stereocenters. The van der Waals surface area contributed by atoms with E-state index in [0.717, 1.165) is 24.1 Å². The average molecular weight is 247 g/mol. The van der Waals surface area contributed by atoms with Crippen LogP contribution in [0.25, 0.3) is 0 Å². The van der Waals surface area contributed by atoms with Crippen molar-refractivity contribution in [2.24, 2.45) is 5.84 Å². The van der Waals surface area contributed by atoms with Crippen LogP contribution in [0.4, 0.5) is 5.69 Å². The van der Waals surface area contributed by atoms with Gasteiger partial charge in [0.05, 0.1) is 0 Å². The summed E-state index contributed by atoms with van der Waals surface area (Å²) in [5, 5.41) is 0. The first kappa shape index (κ1) is 12.6. The summed E-state index contributed by atoms with van der Waals surface area (Å²) in [7, 11) is 0. The van der Waals surface area contributed by atoms with Crippen LogP contribution in [0.3, 0.4) is 0 Å². The Bertz CT molecular complexity index is 459. The summed E-state index contributed by atoms with van der Waals surface area (Å²) in [5.74, 6) is 4.86. The van der Waals surface area contributed by atoms with Crippen molar-refractivity contribution in [2.45, 2.75) is 25.7 Å². The smallest absolute Gasteiger partial charge is 0.235 e. The number of nitrogens with zero attached hydrogens (tertiary/aromatic N) is 1. The number of rotatable bonds is 3. The fourth-order valence-corrected chi connectivity index (χ4v) is 2.22. The highest BCUT2D eigenvalue weighted by Gasteiger charge is 2.21. The van der Waals surface area contributed by atoms with E-state index < -0.39 is 0 Å². The highest BCUT2D eigenvalue weighted by atomic mass is 16.2. The number of hydrogen-bond acceptors (Lipinski definition) is 3. The molecule has 0 saturated heterocycles. The van der Waals surface area contributed by atoms with Gasteiger partial charge in [-0.3, -0.25) is 15.0 Å². The number of aryl methyl sites for hydroxylation is 1. The molecule has 0 spiro atoms. The molecule has 0 fully saturated rings. The summed E-state index contributed by atoms with van der Waals surface area (Å²) < 4.78 is 0. The third-order valence-corrected chi connectivity index (χ3v) is 3.14. The van der Waals surface area contributed by atoms with E-state index in [0.29, 0.717) is 13.0 Å². The number of nitrogens with two attached hydrogens (primary N) is 1. The molecule has 0 bridgehead atoms. The van der Waals surface area contributed by atoms with E-state index in [2.05, 4.69) is 5.43 Å². The second-order valence-electron chi connectivity index (χ2n) is 4.35. The molecule has 3 N–H and O–H groups in total. The Morgan fingerprint density at radius 3 is 2.89 bits per heavy atom. The molecule has 1 aromatic rings. The number of benzene rings is 1. The van der Waals surface area contributed by atoms with Gasteiger partial charge >= 0.3 is 0 Å². The third kappa shape index (κ3) is 2.68. The second kappa shape index (κ2) is 5.64. The van der Waals surface area contributed by atoms with E-state index in [-0.39, 0.29) is 18.2 Å². The van der Waals surface area contributed by atoms with Crippen LogP contribution in [0.1, 0.15) is 24.8 Å². The molecule has 1 heterocycles. The number of anilines is 1. The van der Waals surface area contributed by atoms with E-state index in [1.807, 2.05) is 24.3 Å². The predicted molar refractivity (Wildman–Crippen MR) is 68.7 cm³/mol. The third-order valence-electron chi connectivity index (χ3n) is 3.14. The second-order valence-corrected chi connectivity index (χ2v) is 4.35. The molecule has 2 amide bonds. The fraction of sp³-hybridized carbons (Fsp3) is 0.385. The fourth-order valence-electron chi connectivity index (χ4n) is 2.22. The summed E-state index contributed by atoms with van der Waals surface area (Å²) in [6.45, 7) is 0.374. The van der Waals surface area contributed by atoms with Crippen molar-refractivity contribution in [2.75, 3.05) is 11.4 Å². The highest BCUT2D eigenvalue weighted by molar-refractivity contribution is 5.95. The minimum atomic E-state index is -0.260. The Balaban J connectivity index is 2.20. The van der Waals surface area contributed by atoms with Crippen LogP contribution in [0.5, 0.6) is 0 Å². The Morgan fingerprint density at radius 1 is 1.33 bits per heavy atom. The van der Waals surface area contributed by atoms with Gasteiger partial charge in [0.1, 0.15) is 0 Å². The summed E-state index contributed by atoms with van der Waals surface area (Å²) in [6.07, 6.45) is 2.51. The molecule has 5 heteroatoms. The maximum atomic E-state index is 12.0. The van der Waals surface area contributed by atoms with Crippen molar-refractivity contribution in [1.82, 2.24) is 5.43 Å². The Morgan fingerprint density at radius 2 is 2.11 bits per heavy atom. The number of hydrazine groups is 1. The molecule has 0 aromatic heterocycles. The Labute approximate surface area is 106 Å². The normalized spacial score (nSPS) is 14.9. The molecule has 0 unspecified atom stereocenters. The first-order valence-corrected chi connectivity index (χ1v) is 6.10. The van der Waals surface area contributed by atoms with Crippen LogP contribution in [0.15, 0.2) is 24.3 Å². The van der Waals surface area contributed by atoms with Gasteiger partial charge in [-0.25, -0.2) is 5.84 Å². The van der Waals surface area contributed by atoms with Crippen LogP contribution in [-0.2, 0) is 16.0 Å². The molecule has 0 radical (unpaired) electrons. The lowest BCUT2D eigenvalue weighted by Crippen LogP contribution is -2.37. The van der Waals surface area contributed by atoms with Crippen molar-refractivity contribution in [3.8, 4) is 0 Å². The van der Waals surface area contributed by atoms with Crippen molar-refractivity contribution in [3.63, 3.8) is 0 Å². The first-order chi connectivity index (χ1) is 8.72. The predicted octanol–water partition coefficient (Wildman–Crippen LogP) is 0.736. The Hall–Kier alpha value is -1.88. The van der Waals surface area contributed by atoms with E-state index in [9.17, 15) is 9.59 Å². The lowest BCUT2D eigenvalue weighted by molar-refractivity contribution is -0.121. The molecule has 1 aliphatic rings. The van der Waals surface area contributed by atoms with Gasteiger partial charge in [-0.05, 0) is 24.5 Å². The molecule has 1 aliphatic heterocycles. The van der Waals surface area contributed by atoms with Crippen LogP contribution in [-0.4, -0.2) is 18.4 Å². The summed E-state index contributed by atoms with van der Waals surface area (Å²) in [5.41, 5.74) is 4.17. The van der Waals surface area contributed by atoms with Gasteiger partial charge in [-0.1, -0.05) is 18.2 Å². The largest absolute Gasteiger partial charge is 0.312 e. The number of amides is 2. The lowest BCUT2D eigenvalue weighted by atomic mass is 10.1. The average Bonchev–Trinajstić information content (AvgIpc) is 2.55. The van der Waals surface area contributed by atoms with Crippen molar-refractivity contribution >= 4 is 17.5 Å². The molecule has 2 rings (SSSR count). The van der Waals surface area contributed by atoms with E-state index in [1.54, 1.807) is 4.90 Å². The van der Waals surface area contributed by atoms with Crippen LogP contribution in [0.2, 0.25) is 0 Å². The zero-order valence-corrected chi connectivity index (χ0v) is 10.2. The van der Waals surface area contributed by atoms with E-state index in [1.165, 1.54) is 0 Å². The molecule has 5 nitrogen and oxygen atoms in total. The molecule has 96 valence electrons. The summed E-state index contributed by atoms with van der Waals surface area (Å²) in [4.78, 5) is 24.9. The molecule has 18 heavy (non-hydrogen) atoms. The standard InChI is InChI=1S/C13H17N3O2/c14-15-12(17)8-9-16-11-6-2-1-4-10(11)5-3-7-13(16)18/h1-2,4,6H,3,5,7-9,14H2,(H,15,17). The van der Waals surface area contributed by atoms with Crippen molar-refractivity contribution in [1.29, 1.82) is 0 Å². The maximum absolute atomic E-state index is 12.0. The highest BCUT2D eigenvalue weighted by Crippen LogP contribution is 2.26. The number of para-hydroxylation sites is 1. The van der Waals surface area contributed by atoms with E-state index >= 15 is 0 Å². The van der Waals surface area contributed by atoms with Gasteiger partial charge in [0.15, 0.2) is 0 Å². The molecular weight excluding hydrogens is 230 g/mol.